The smallest absolute Gasteiger partial charge is 0.320 e. The lowest BCUT2D eigenvalue weighted by Crippen LogP contribution is -2.14. The first-order valence-electron chi connectivity index (χ1n) is 2.04. The van der Waals surface area contributed by atoms with Gasteiger partial charge in [0.25, 0.3) is 0 Å². The highest BCUT2D eigenvalue weighted by Crippen LogP contribution is 2.40. The largest absolute Gasteiger partial charge is 0.398 e. The third-order valence-electron chi connectivity index (χ3n) is 0.792. The summed E-state index contributed by atoms with van der Waals surface area (Å²) in [5.74, 6) is -1.79. The molecule has 0 aliphatic heterocycles. The summed E-state index contributed by atoms with van der Waals surface area (Å²) in [7, 11) is -4.51. The number of hydrogen-bond acceptors (Lipinski definition) is 3. The fourth-order valence-corrected chi connectivity index (χ4v) is 0.368. The van der Waals surface area contributed by atoms with E-state index in [1.54, 1.807) is 0 Å². The maximum Gasteiger partial charge on any atom is 0.398 e. The normalized spacial score (nSPS) is 15.0. The lowest BCUT2D eigenvalue weighted by atomic mass is 10.8. The molecule has 0 aliphatic rings. The highest BCUT2D eigenvalue weighted by molar-refractivity contribution is 7.52. The lowest BCUT2D eigenvalue weighted by molar-refractivity contribution is -0.496. The topological polar surface area (TPSA) is 101 Å². The second kappa shape index (κ2) is 2.43. The van der Waals surface area contributed by atoms with Crippen molar-refractivity contribution in [1.82, 2.24) is 0 Å². The molecule has 0 saturated heterocycles. The fraction of sp³-hybridized carbons (Fsp3) is 1.00. The number of nitro groups is 1. The van der Waals surface area contributed by atoms with Crippen molar-refractivity contribution in [3.05, 3.63) is 10.1 Å². The van der Waals surface area contributed by atoms with Gasteiger partial charge in [-0.1, -0.05) is 0 Å². The molecule has 6 nitrogen and oxygen atoms in total. The first kappa shape index (κ1) is 8.55. The van der Waals surface area contributed by atoms with Gasteiger partial charge in [-0.05, 0) is 0 Å². The van der Waals surface area contributed by atoms with E-state index in [1.807, 2.05) is 0 Å². The predicted molar refractivity (Wildman–Crippen MR) is 28.5 cm³/mol. The van der Waals surface area contributed by atoms with Crippen LogP contribution in [0.3, 0.4) is 0 Å². The van der Waals surface area contributed by atoms with Gasteiger partial charge in [-0.2, -0.15) is 0 Å². The minimum atomic E-state index is -4.51. The molecule has 0 heterocycles. The molecular weight excluding hydrogens is 149 g/mol. The van der Waals surface area contributed by atoms with Gasteiger partial charge in [-0.3, -0.25) is 14.7 Å². The van der Waals surface area contributed by atoms with E-state index >= 15 is 0 Å². The Bertz CT molecular complexity index is 160. The van der Waals surface area contributed by atoms with Gasteiger partial charge in [-0.15, -0.1) is 0 Å². The zero-order valence-electron chi connectivity index (χ0n) is 4.59. The van der Waals surface area contributed by atoms with Gasteiger partial charge in [0.05, 0.1) is 0 Å². The fourth-order valence-electron chi connectivity index (χ4n) is 0.123. The Balaban J connectivity index is 4.23. The second-order valence-electron chi connectivity index (χ2n) is 1.51. The van der Waals surface area contributed by atoms with Gasteiger partial charge in [-0.25, -0.2) is 0 Å². The molecule has 1 atom stereocenters. The van der Waals surface area contributed by atoms with Crippen LogP contribution in [0.1, 0.15) is 6.92 Å². The summed E-state index contributed by atoms with van der Waals surface area (Å²) < 4.78 is 10.0. The molecule has 9 heavy (non-hydrogen) atoms. The quantitative estimate of drug-likeness (QED) is 0.326. The van der Waals surface area contributed by atoms with Crippen LogP contribution in [0.2, 0.25) is 0 Å². The van der Waals surface area contributed by atoms with Crippen molar-refractivity contribution < 1.29 is 19.3 Å². The van der Waals surface area contributed by atoms with Crippen molar-refractivity contribution in [3.63, 3.8) is 0 Å². The maximum absolute atomic E-state index is 10.0. The molecule has 0 radical (unpaired) electrons. The van der Waals surface area contributed by atoms with Gasteiger partial charge in [0.2, 0.25) is 0 Å². The number of nitrogens with zero attached hydrogens (tertiary/aromatic N) is 1. The van der Waals surface area contributed by atoms with E-state index < -0.39 is 18.3 Å². The van der Waals surface area contributed by atoms with Gasteiger partial charge >= 0.3 is 13.4 Å². The summed E-state index contributed by atoms with van der Waals surface area (Å²) in [5, 5.41) is 9.66. The molecule has 0 saturated carbocycles. The Morgan fingerprint density at radius 3 is 2.00 bits per heavy atom. The third kappa shape index (κ3) is 2.55. The Kier molecular flexibility index (Phi) is 2.31. The summed E-state index contributed by atoms with van der Waals surface area (Å²) in [4.78, 5) is 24.9. The molecule has 0 spiro atoms. The van der Waals surface area contributed by atoms with Crippen LogP contribution in [0.5, 0.6) is 0 Å². The molecule has 0 amide bonds. The van der Waals surface area contributed by atoms with Crippen molar-refractivity contribution in [2.45, 2.75) is 12.7 Å². The van der Waals surface area contributed by atoms with Crippen LogP contribution in [0.15, 0.2) is 0 Å². The maximum atomic E-state index is 10.0. The molecule has 0 fully saturated rings. The number of rotatable bonds is 2. The summed E-state index contributed by atoms with van der Waals surface area (Å²) in [5.41, 5.74) is 0. The van der Waals surface area contributed by atoms with E-state index in [2.05, 4.69) is 0 Å². The predicted octanol–water partition coefficient (Wildman–Crippen LogP) is -0.213. The Morgan fingerprint density at radius 2 is 2.00 bits per heavy atom. The molecule has 54 valence electrons. The van der Waals surface area contributed by atoms with Gasteiger partial charge in [0.1, 0.15) is 0 Å². The first-order valence-corrected chi connectivity index (χ1v) is 3.72. The Labute approximate surface area is 50.8 Å². The summed E-state index contributed by atoms with van der Waals surface area (Å²) in [6.45, 7) is 0.862. The van der Waals surface area contributed by atoms with Gasteiger partial charge in [0.15, 0.2) is 0 Å². The molecule has 0 aromatic rings. The molecule has 0 aliphatic carbocycles. The minimum absolute atomic E-state index is 0.862. The van der Waals surface area contributed by atoms with E-state index in [-0.39, 0.29) is 0 Å². The van der Waals surface area contributed by atoms with E-state index in [9.17, 15) is 14.7 Å². The van der Waals surface area contributed by atoms with Crippen molar-refractivity contribution in [1.29, 1.82) is 0 Å². The van der Waals surface area contributed by atoms with Crippen LogP contribution in [0.25, 0.3) is 0 Å². The third-order valence-corrected chi connectivity index (χ3v) is 1.95. The van der Waals surface area contributed by atoms with E-state index in [4.69, 9.17) is 9.79 Å². The minimum Gasteiger partial charge on any atom is -0.320 e. The first-order chi connectivity index (χ1) is 3.85. The molecule has 2 N–H and O–H groups in total. The molecule has 0 aromatic carbocycles. The van der Waals surface area contributed by atoms with Crippen LogP contribution in [-0.2, 0) is 4.57 Å². The number of hydrogen-bond donors (Lipinski definition) is 2. The van der Waals surface area contributed by atoms with E-state index in [0.717, 1.165) is 6.92 Å². The van der Waals surface area contributed by atoms with Gasteiger partial charge < -0.3 is 9.79 Å². The highest BCUT2D eigenvalue weighted by Gasteiger charge is 2.34. The van der Waals surface area contributed by atoms with Crippen molar-refractivity contribution >= 4 is 7.60 Å². The summed E-state index contributed by atoms with van der Waals surface area (Å²) >= 11 is 0. The van der Waals surface area contributed by atoms with E-state index in [1.165, 1.54) is 0 Å². The Hall–Kier alpha value is -0.450. The lowest BCUT2D eigenvalue weighted by Gasteiger charge is -2.03. The Morgan fingerprint density at radius 1 is 1.67 bits per heavy atom. The van der Waals surface area contributed by atoms with Crippen LogP contribution in [-0.4, -0.2) is 20.5 Å². The standard InChI is InChI=1S/C2H6NO5P/c1-2(3(4)5)9(6,7)8/h2H,1H3,(H2,6,7,8). The van der Waals surface area contributed by atoms with Crippen LogP contribution in [0, 0.1) is 10.1 Å². The van der Waals surface area contributed by atoms with Crippen molar-refractivity contribution in [2.75, 3.05) is 0 Å². The summed E-state index contributed by atoms with van der Waals surface area (Å²) in [6.07, 6.45) is 0. The molecule has 0 rings (SSSR count). The molecule has 0 bridgehead atoms. The van der Waals surface area contributed by atoms with Gasteiger partial charge in [0, 0.05) is 11.8 Å². The second-order valence-corrected chi connectivity index (χ2v) is 3.43. The van der Waals surface area contributed by atoms with Crippen LogP contribution >= 0.6 is 7.60 Å². The van der Waals surface area contributed by atoms with Crippen LogP contribution in [0.4, 0.5) is 0 Å². The summed E-state index contributed by atoms with van der Waals surface area (Å²) in [6, 6.07) is 0. The molecule has 1 unspecified atom stereocenters. The SMILES string of the molecule is CC([N+](=O)[O-])P(=O)(O)O. The zero-order valence-corrected chi connectivity index (χ0v) is 5.49. The van der Waals surface area contributed by atoms with Crippen molar-refractivity contribution in [2.24, 2.45) is 0 Å². The molecule has 0 aromatic heterocycles. The monoisotopic (exact) mass is 155 g/mol. The zero-order chi connectivity index (χ0) is 7.65. The highest BCUT2D eigenvalue weighted by atomic mass is 31.2. The van der Waals surface area contributed by atoms with E-state index in [0.29, 0.717) is 0 Å². The van der Waals surface area contributed by atoms with Crippen molar-refractivity contribution in [3.8, 4) is 0 Å². The molecule has 7 heteroatoms. The molecular formula is C2H6NO5P. The average Bonchev–Trinajstić information content (AvgIpc) is 1.62. The average molecular weight is 155 g/mol. The van der Waals surface area contributed by atoms with Crippen LogP contribution < -0.4 is 0 Å².